The SMILES string of the molecule is CC(C)Nc1nncc(Nc2ccccc2F)n1. The Morgan fingerprint density at radius 2 is 2.00 bits per heavy atom. The second-order valence-electron chi connectivity index (χ2n) is 4.07. The molecule has 0 unspecified atom stereocenters. The van der Waals surface area contributed by atoms with Gasteiger partial charge in [-0.3, -0.25) is 0 Å². The van der Waals surface area contributed by atoms with Gasteiger partial charge in [-0.2, -0.15) is 10.1 Å². The summed E-state index contributed by atoms with van der Waals surface area (Å²) in [5, 5.41) is 13.5. The molecule has 0 aliphatic carbocycles. The van der Waals surface area contributed by atoms with E-state index in [0.717, 1.165) is 0 Å². The normalized spacial score (nSPS) is 10.4. The lowest BCUT2D eigenvalue weighted by molar-refractivity contribution is 0.631. The van der Waals surface area contributed by atoms with Gasteiger partial charge in [0, 0.05) is 6.04 Å². The highest BCUT2D eigenvalue weighted by atomic mass is 19.1. The zero-order valence-corrected chi connectivity index (χ0v) is 10.2. The number of halogens is 1. The predicted molar refractivity (Wildman–Crippen MR) is 68.3 cm³/mol. The first-order chi connectivity index (χ1) is 8.65. The van der Waals surface area contributed by atoms with Gasteiger partial charge < -0.3 is 10.6 Å². The number of hydrogen-bond acceptors (Lipinski definition) is 5. The van der Waals surface area contributed by atoms with Crippen LogP contribution in [0, 0.1) is 5.82 Å². The molecule has 18 heavy (non-hydrogen) atoms. The molecule has 0 saturated carbocycles. The Bertz CT molecular complexity index is 529. The number of nitrogens with one attached hydrogen (secondary N) is 2. The summed E-state index contributed by atoms with van der Waals surface area (Å²) in [5.41, 5.74) is 0.355. The molecule has 1 aromatic carbocycles. The van der Waals surface area contributed by atoms with Crippen LogP contribution < -0.4 is 10.6 Å². The number of benzene rings is 1. The lowest BCUT2D eigenvalue weighted by Gasteiger charge is -2.09. The molecule has 94 valence electrons. The topological polar surface area (TPSA) is 62.7 Å². The van der Waals surface area contributed by atoms with Crippen LogP contribution in [-0.4, -0.2) is 21.2 Å². The summed E-state index contributed by atoms with van der Waals surface area (Å²) in [6.45, 7) is 3.95. The van der Waals surface area contributed by atoms with E-state index < -0.39 is 0 Å². The maximum absolute atomic E-state index is 13.4. The molecule has 6 heteroatoms. The molecule has 0 spiro atoms. The molecule has 5 nitrogen and oxygen atoms in total. The minimum atomic E-state index is -0.338. The van der Waals surface area contributed by atoms with Crippen molar-refractivity contribution in [3.63, 3.8) is 0 Å². The number of rotatable bonds is 4. The van der Waals surface area contributed by atoms with Gasteiger partial charge in [-0.15, -0.1) is 5.10 Å². The van der Waals surface area contributed by atoms with Gasteiger partial charge in [-0.05, 0) is 26.0 Å². The van der Waals surface area contributed by atoms with Crippen molar-refractivity contribution in [3.8, 4) is 0 Å². The molecule has 0 aliphatic heterocycles. The van der Waals surface area contributed by atoms with E-state index in [1.807, 2.05) is 13.8 Å². The Kier molecular flexibility index (Phi) is 3.66. The fourth-order valence-electron chi connectivity index (χ4n) is 1.38. The Hall–Kier alpha value is -2.24. The summed E-state index contributed by atoms with van der Waals surface area (Å²) >= 11 is 0. The van der Waals surface area contributed by atoms with Crippen LogP contribution in [0.3, 0.4) is 0 Å². The third-order valence-electron chi connectivity index (χ3n) is 2.11. The van der Waals surface area contributed by atoms with Gasteiger partial charge in [0.25, 0.3) is 0 Å². The number of anilines is 3. The zero-order chi connectivity index (χ0) is 13.0. The van der Waals surface area contributed by atoms with Crippen molar-refractivity contribution in [1.82, 2.24) is 15.2 Å². The molecule has 2 rings (SSSR count). The summed E-state index contributed by atoms with van der Waals surface area (Å²) in [5.74, 6) is 0.513. The van der Waals surface area contributed by atoms with Crippen molar-refractivity contribution in [2.45, 2.75) is 19.9 Å². The number of para-hydroxylation sites is 1. The molecular formula is C12H14FN5. The van der Waals surface area contributed by atoms with Crippen molar-refractivity contribution < 1.29 is 4.39 Å². The lowest BCUT2D eigenvalue weighted by Crippen LogP contribution is -2.13. The molecule has 0 fully saturated rings. The van der Waals surface area contributed by atoms with Crippen molar-refractivity contribution in [1.29, 1.82) is 0 Å². The maximum atomic E-state index is 13.4. The smallest absolute Gasteiger partial charge is 0.244 e. The zero-order valence-electron chi connectivity index (χ0n) is 10.2. The van der Waals surface area contributed by atoms with Crippen LogP contribution >= 0.6 is 0 Å². The van der Waals surface area contributed by atoms with Gasteiger partial charge in [0.05, 0.1) is 11.9 Å². The summed E-state index contributed by atoms with van der Waals surface area (Å²) in [6.07, 6.45) is 1.44. The van der Waals surface area contributed by atoms with E-state index in [1.54, 1.807) is 18.2 Å². The van der Waals surface area contributed by atoms with Crippen LogP contribution in [0.2, 0.25) is 0 Å². The largest absolute Gasteiger partial charge is 0.351 e. The Morgan fingerprint density at radius 1 is 1.22 bits per heavy atom. The fraction of sp³-hybridized carbons (Fsp3) is 0.250. The molecule has 0 radical (unpaired) electrons. The van der Waals surface area contributed by atoms with Gasteiger partial charge in [-0.1, -0.05) is 12.1 Å². The minimum Gasteiger partial charge on any atom is -0.351 e. The number of nitrogens with zero attached hydrogens (tertiary/aromatic N) is 3. The number of hydrogen-bond donors (Lipinski definition) is 2. The summed E-state index contributed by atoms with van der Waals surface area (Å²) in [7, 11) is 0. The van der Waals surface area contributed by atoms with E-state index >= 15 is 0 Å². The lowest BCUT2D eigenvalue weighted by atomic mass is 10.3. The molecule has 0 amide bonds. The van der Waals surface area contributed by atoms with Crippen molar-refractivity contribution in [3.05, 3.63) is 36.3 Å². The molecule has 0 aliphatic rings. The molecular weight excluding hydrogens is 233 g/mol. The van der Waals surface area contributed by atoms with Crippen LogP contribution in [-0.2, 0) is 0 Å². The van der Waals surface area contributed by atoms with E-state index in [2.05, 4.69) is 25.8 Å². The van der Waals surface area contributed by atoms with Crippen LogP contribution in [0.5, 0.6) is 0 Å². The molecule has 0 saturated heterocycles. The maximum Gasteiger partial charge on any atom is 0.244 e. The average molecular weight is 247 g/mol. The molecule has 0 atom stereocenters. The van der Waals surface area contributed by atoms with Crippen molar-refractivity contribution in [2.24, 2.45) is 0 Å². The molecule has 0 bridgehead atoms. The third-order valence-corrected chi connectivity index (χ3v) is 2.11. The average Bonchev–Trinajstić information content (AvgIpc) is 2.32. The number of aromatic nitrogens is 3. The summed E-state index contributed by atoms with van der Waals surface area (Å²) in [6, 6.07) is 6.59. The first kappa shape index (κ1) is 12.2. The highest BCUT2D eigenvalue weighted by molar-refractivity contribution is 5.56. The Morgan fingerprint density at radius 3 is 2.72 bits per heavy atom. The highest BCUT2D eigenvalue weighted by Gasteiger charge is 2.04. The fourth-order valence-corrected chi connectivity index (χ4v) is 1.38. The van der Waals surface area contributed by atoms with Gasteiger partial charge in [0.2, 0.25) is 5.95 Å². The van der Waals surface area contributed by atoms with E-state index in [1.165, 1.54) is 12.3 Å². The van der Waals surface area contributed by atoms with E-state index in [-0.39, 0.29) is 11.9 Å². The standard InChI is InChI=1S/C12H14FN5/c1-8(2)15-12-17-11(7-14-18-12)16-10-6-4-3-5-9(10)13/h3-8H,1-2H3,(H2,15,16,17,18). The molecule has 2 aromatic rings. The quantitative estimate of drug-likeness (QED) is 0.869. The van der Waals surface area contributed by atoms with E-state index in [0.29, 0.717) is 17.5 Å². The van der Waals surface area contributed by atoms with Crippen LogP contribution in [0.4, 0.5) is 21.8 Å². The van der Waals surface area contributed by atoms with Crippen LogP contribution in [0.25, 0.3) is 0 Å². The minimum absolute atomic E-state index is 0.204. The van der Waals surface area contributed by atoms with Crippen LogP contribution in [0.15, 0.2) is 30.5 Å². The second kappa shape index (κ2) is 5.39. The first-order valence-electron chi connectivity index (χ1n) is 5.63. The second-order valence-corrected chi connectivity index (χ2v) is 4.07. The summed E-state index contributed by atoms with van der Waals surface area (Å²) in [4.78, 5) is 4.19. The van der Waals surface area contributed by atoms with Crippen LogP contribution in [0.1, 0.15) is 13.8 Å². The van der Waals surface area contributed by atoms with E-state index in [9.17, 15) is 4.39 Å². The van der Waals surface area contributed by atoms with Gasteiger partial charge in [0.1, 0.15) is 5.82 Å². The molecule has 2 N–H and O–H groups in total. The van der Waals surface area contributed by atoms with Crippen molar-refractivity contribution in [2.75, 3.05) is 10.6 Å². The third kappa shape index (κ3) is 3.13. The van der Waals surface area contributed by atoms with Gasteiger partial charge >= 0.3 is 0 Å². The van der Waals surface area contributed by atoms with Gasteiger partial charge in [-0.25, -0.2) is 4.39 Å². The Balaban J connectivity index is 2.17. The van der Waals surface area contributed by atoms with E-state index in [4.69, 9.17) is 0 Å². The molecule has 1 heterocycles. The van der Waals surface area contributed by atoms with Gasteiger partial charge in [0.15, 0.2) is 5.82 Å². The van der Waals surface area contributed by atoms with Crippen molar-refractivity contribution >= 4 is 17.5 Å². The summed E-state index contributed by atoms with van der Waals surface area (Å²) < 4.78 is 13.4. The monoisotopic (exact) mass is 247 g/mol. The molecule has 1 aromatic heterocycles. The first-order valence-corrected chi connectivity index (χ1v) is 5.63. The predicted octanol–water partition coefficient (Wildman–Crippen LogP) is 2.57. The Labute approximate surface area is 104 Å². The highest BCUT2D eigenvalue weighted by Crippen LogP contribution is 2.17.